The number of halogens is 3. The van der Waals surface area contributed by atoms with E-state index in [-0.39, 0.29) is 24.2 Å². The van der Waals surface area contributed by atoms with Gasteiger partial charge in [-0.25, -0.2) is 18.3 Å². The molecule has 0 bridgehead atoms. The fourth-order valence-corrected chi connectivity index (χ4v) is 4.80. The maximum absolute atomic E-state index is 14.5. The van der Waals surface area contributed by atoms with Crippen LogP contribution >= 0.6 is 0 Å². The minimum absolute atomic E-state index is 0.0393. The zero-order valence-electron chi connectivity index (χ0n) is 21.9. The number of aromatic amines is 1. The molecule has 0 aliphatic carbocycles. The molecule has 8 nitrogen and oxygen atoms in total. The average Bonchev–Trinajstić information content (AvgIpc) is 3.33. The molecule has 1 unspecified atom stereocenters. The van der Waals surface area contributed by atoms with Gasteiger partial charge >= 0.3 is 5.56 Å². The highest BCUT2D eigenvalue weighted by atomic mass is 19.3. The minimum atomic E-state index is -3.19. The summed E-state index contributed by atoms with van der Waals surface area (Å²) in [5, 5.41) is 8.71. The maximum atomic E-state index is 14.5. The van der Waals surface area contributed by atoms with Crippen LogP contribution in [0.4, 0.5) is 13.2 Å². The number of carbonyl (C=O) groups is 2. The topological polar surface area (TPSA) is 104 Å². The molecule has 0 saturated carbocycles. The first-order valence-electron chi connectivity index (χ1n) is 12.5. The number of ether oxygens (including phenoxy) is 1. The fourth-order valence-electron chi connectivity index (χ4n) is 4.80. The molecule has 2 amide bonds. The Kier molecular flexibility index (Phi) is 7.80. The summed E-state index contributed by atoms with van der Waals surface area (Å²) in [5.74, 6) is -4.62. The van der Waals surface area contributed by atoms with Crippen molar-refractivity contribution in [3.8, 4) is 11.5 Å². The van der Waals surface area contributed by atoms with Crippen molar-refractivity contribution in [1.29, 1.82) is 0 Å². The molecule has 39 heavy (non-hydrogen) atoms. The third kappa shape index (κ3) is 6.13. The molecule has 1 aromatic heterocycles. The van der Waals surface area contributed by atoms with Gasteiger partial charge in [0, 0.05) is 18.6 Å². The molecule has 1 aliphatic rings. The Morgan fingerprint density at radius 2 is 1.87 bits per heavy atom. The Balaban J connectivity index is 1.51. The van der Waals surface area contributed by atoms with Crippen LogP contribution in [0.1, 0.15) is 59.9 Å². The van der Waals surface area contributed by atoms with Gasteiger partial charge < -0.3 is 15.0 Å². The lowest BCUT2D eigenvalue weighted by Gasteiger charge is -2.35. The van der Waals surface area contributed by atoms with Crippen LogP contribution < -0.4 is 15.6 Å². The predicted octanol–water partition coefficient (Wildman–Crippen LogP) is 4.82. The number of alkyl halides is 2. The number of amides is 2. The Hall–Kier alpha value is -4.15. The first-order chi connectivity index (χ1) is 18.3. The molecular formula is C28H29F3N4O4. The number of benzene rings is 2. The second kappa shape index (κ2) is 10.9. The van der Waals surface area contributed by atoms with E-state index in [2.05, 4.69) is 15.5 Å². The van der Waals surface area contributed by atoms with Gasteiger partial charge in [-0.15, -0.1) is 0 Å². The smallest absolute Gasteiger partial charge is 0.307 e. The number of hydrogen-bond acceptors (Lipinski definition) is 5. The molecule has 3 atom stereocenters. The summed E-state index contributed by atoms with van der Waals surface area (Å²) in [4.78, 5) is 39.5. The van der Waals surface area contributed by atoms with Crippen molar-refractivity contribution in [2.45, 2.75) is 64.6 Å². The van der Waals surface area contributed by atoms with Gasteiger partial charge in [-0.2, -0.15) is 5.10 Å². The van der Waals surface area contributed by atoms with Crippen molar-refractivity contribution in [3.63, 3.8) is 0 Å². The first-order valence-corrected chi connectivity index (χ1v) is 12.5. The molecule has 3 aromatic rings. The molecule has 11 heteroatoms. The van der Waals surface area contributed by atoms with Crippen molar-refractivity contribution in [2.24, 2.45) is 0 Å². The number of nitrogens with one attached hydrogen (secondary N) is 2. The number of rotatable bonds is 7. The van der Waals surface area contributed by atoms with Crippen molar-refractivity contribution in [3.05, 3.63) is 87.1 Å². The highest BCUT2D eigenvalue weighted by Gasteiger charge is 2.49. The van der Waals surface area contributed by atoms with E-state index in [9.17, 15) is 27.6 Å². The monoisotopic (exact) mass is 542 g/mol. The Bertz CT molecular complexity index is 1450. The summed E-state index contributed by atoms with van der Waals surface area (Å²) in [6.07, 6.45) is 0.280. The molecule has 1 aliphatic heterocycles. The van der Waals surface area contributed by atoms with Crippen LogP contribution in [0.3, 0.4) is 0 Å². The van der Waals surface area contributed by atoms with Gasteiger partial charge in [0.15, 0.2) is 5.75 Å². The van der Waals surface area contributed by atoms with Gasteiger partial charge in [0.05, 0.1) is 17.8 Å². The van der Waals surface area contributed by atoms with E-state index in [1.807, 2.05) is 0 Å². The molecule has 0 radical (unpaired) electrons. The Morgan fingerprint density at radius 3 is 2.54 bits per heavy atom. The zero-order valence-corrected chi connectivity index (χ0v) is 21.9. The molecule has 2 aromatic carbocycles. The first kappa shape index (κ1) is 27.9. The number of carbonyl (C=O) groups excluding carboxylic acids is 2. The number of aromatic nitrogens is 2. The number of H-pyrrole nitrogens is 1. The standard InChI is InChI=1S/C28H29F3N4O4/c1-15-12-19(8-10-22(15)39-23-13-16(2)33-34-26(23)37)25(36)32-17(3)27(38)35-21(9-11-24(35)28(4,30)31)18-6-5-7-20(29)14-18/h5-8,10,12-14,17,21,24H,9,11H2,1-4H3,(H,32,36)(H,34,37)/t17?,21-,24+/m0/s1. The molecular weight excluding hydrogens is 513 g/mol. The molecule has 206 valence electrons. The van der Waals surface area contributed by atoms with E-state index in [1.54, 1.807) is 19.9 Å². The summed E-state index contributed by atoms with van der Waals surface area (Å²) in [7, 11) is 0. The average molecular weight is 543 g/mol. The normalized spacial score (nSPS) is 18.1. The van der Waals surface area contributed by atoms with Crippen molar-refractivity contribution >= 4 is 11.8 Å². The lowest BCUT2D eigenvalue weighted by Crippen LogP contribution is -2.53. The van der Waals surface area contributed by atoms with Crippen molar-refractivity contribution in [2.75, 3.05) is 0 Å². The SMILES string of the molecule is Cc1cc(Oc2ccc(C(=O)NC(C)C(=O)N3[C@H](c4cccc(F)c4)CC[C@@H]3C(C)(F)F)cc2C)c(=O)[nH]n1. The number of likely N-dealkylation sites (tertiary alicyclic amines) is 1. The Morgan fingerprint density at radius 1 is 1.13 bits per heavy atom. The number of nitrogens with zero attached hydrogens (tertiary/aromatic N) is 2. The van der Waals surface area contributed by atoms with Gasteiger partial charge in [-0.1, -0.05) is 12.1 Å². The second-order valence-electron chi connectivity index (χ2n) is 9.85. The highest BCUT2D eigenvalue weighted by molar-refractivity contribution is 5.98. The van der Waals surface area contributed by atoms with Crippen LogP contribution in [0.2, 0.25) is 0 Å². The van der Waals surface area contributed by atoms with Crippen LogP contribution in [-0.4, -0.2) is 44.9 Å². The highest BCUT2D eigenvalue weighted by Crippen LogP contribution is 2.42. The third-order valence-corrected chi connectivity index (χ3v) is 6.73. The lowest BCUT2D eigenvalue weighted by atomic mass is 10.0. The van der Waals surface area contributed by atoms with E-state index < -0.39 is 47.2 Å². The van der Waals surface area contributed by atoms with Crippen molar-refractivity contribution in [1.82, 2.24) is 20.4 Å². The zero-order chi connectivity index (χ0) is 28.5. The Labute approximate surface area is 223 Å². The van der Waals surface area contributed by atoms with E-state index in [0.29, 0.717) is 22.6 Å². The number of aryl methyl sites for hydroxylation is 2. The maximum Gasteiger partial charge on any atom is 0.307 e. The summed E-state index contributed by atoms with van der Waals surface area (Å²) >= 11 is 0. The minimum Gasteiger partial charge on any atom is -0.451 e. The summed E-state index contributed by atoms with van der Waals surface area (Å²) < 4.78 is 48.5. The van der Waals surface area contributed by atoms with Gasteiger partial charge in [0.25, 0.3) is 11.8 Å². The second-order valence-corrected chi connectivity index (χ2v) is 9.85. The number of hydrogen-bond donors (Lipinski definition) is 2. The van der Waals surface area contributed by atoms with Crippen LogP contribution in [0.25, 0.3) is 0 Å². The van der Waals surface area contributed by atoms with Crippen LogP contribution in [0, 0.1) is 19.7 Å². The molecule has 2 heterocycles. The predicted molar refractivity (Wildman–Crippen MR) is 137 cm³/mol. The molecule has 1 saturated heterocycles. The van der Waals surface area contributed by atoms with E-state index in [1.165, 1.54) is 49.4 Å². The summed E-state index contributed by atoms with van der Waals surface area (Å²) in [6.45, 7) is 5.56. The van der Waals surface area contributed by atoms with Crippen LogP contribution in [-0.2, 0) is 4.79 Å². The third-order valence-electron chi connectivity index (χ3n) is 6.73. The largest absolute Gasteiger partial charge is 0.451 e. The van der Waals surface area contributed by atoms with E-state index in [0.717, 1.165) is 11.8 Å². The van der Waals surface area contributed by atoms with Crippen molar-refractivity contribution < 1.29 is 27.5 Å². The molecule has 1 fully saturated rings. The summed E-state index contributed by atoms with van der Waals surface area (Å²) in [6, 6.07) is 8.26. The summed E-state index contributed by atoms with van der Waals surface area (Å²) in [5.41, 5.74) is 1.22. The molecule has 2 N–H and O–H groups in total. The fraction of sp³-hybridized carbons (Fsp3) is 0.357. The van der Waals surface area contributed by atoms with Gasteiger partial charge in [-0.05, 0) is 75.1 Å². The van der Waals surface area contributed by atoms with E-state index in [4.69, 9.17) is 4.74 Å². The van der Waals surface area contributed by atoms with Gasteiger partial charge in [0.2, 0.25) is 5.91 Å². The van der Waals surface area contributed by atoms with Crippen LogP contribution in [0.5, 0.6) is 11.5 Å². The van der Waals surface area contributed by atoms with E-state index >= 15 is 0 Å². The molecule has 4 rings (SSSR count). The van der Waals surface area contributed by atoms with Gasteiger partial charge in [-0.3, -0.25) is 14.4 Å². The quantitative estimate of drug-likeness (QED) is 0.445. The molecule has 0 spiro atoms. The van der Waals surface area contributed by atoms with Crippen LogP contribution in [0.15, 0.2) is 53.3 Å². The van der Waals surface area contributed by atoms with Gasteiger partial charge in [0.1, 0.15) is 17.6 Å². The lowest BCUT2D eigenvalue weighted by molar-refractivity contribution is -0.144.